The number of pyridine rings is 1. The molecule has 1 N–H and O–H groups in total. The normalized spacial score (nSPS) is 10.9. The summed E-state index contributed by atoms with van der Waals surface area (Å²) >= 11 is 6.12. The van der Waals surface area contributed by atoms with E-state index in [2.05, 4.69) is 20.1 Å². The van der Waals surface area contributed by atoms with Crippen molar-refractivity contribution in [3.63, 3.8) is 0 Å². The first-order valence-electron chi connectivity index (χ1n) is 7.90. The van der Waals surface area contributed by atoms with Crippen LogP contribution in [0, 0.1) is 13.8 Å². The predicted octanol–water partition coefficient (Wildman–Crippen LogP) is 4.39. The number of aryl methyl sites for hydroxylation is 2. The highest BCUT2D eigenvalue weighted by Gasteiger charge is 2.16. The second-order valence-corrected chi connectivity index (χ2v) is 6.10. The number of halogens is 3. The summed E-state index contributed by atoms with van der Waals surface area (Å²) in [5.41, 5.74) is 2.09. The zero-order valence-electron chi connectivity index (χ0n) is 14.4. The Morgan fingerprint density at radius 2 is 1.89 bits per heavy atom. The fourth-order valence-electron chi connectivity index (χ4n) is 2.48. The number of carbonyl (C=O) groups excluding carboxylic acids is 1. The van der Waals surface area contributed by atoms with E-state index < -0.39 is 12.5 Å². The van der Waals surface area contributed by atoms with E-state index in [0.29, 0.717) is 11.5 Å². The molecule has 27 heavy (non-hydrogen) atoms. The van der Waals surface area contributed by atoms with Crippen LogP contribution < -0.4 is 10.1 Å². The highest BCUT2D eigenvalue weighted by molar-refractivity contribution is 6.34. The van der Waals surface area contributed by atoms with E-state index in [1.54, 1.807) is 16.8 Å². The van der Waals surface area contributed by atoms with Crippen molar-refractivity contribution in [1.82, 2.24) is 14.8 Å². The van der Waals surface area contributed by atoms with Crippen molar-refractivity contribution in [2.24, 2.45) is 0 Å². The lowest BCUT2D eigenvalue weighted by atomic mass is 10.2. The van der Waals surface area contributed by atoms with Gasteiger partial charge < -0.3 is 10.1 Å². The van der Waals surface area contributed by atoms with E-state index in [1.807, 2.05) is 19.9 Å². The highest BCUT2D eigenvalue weighted by atomic mass is 35.5. The maximum absolute atomic E-state index is 12.5. The summed E-state index contributed by atoms with van der Waals surface area (Å²) in [6, 6.07) is 10.6. The number of aromatic nitrogens is 3. The molecule has 0 bridgehead atoms. The molecule has 0 unspecified atom stereocenters. The van der Waals surface area contributed by atoms with Crippen LogP contribution in [0.3, 0.4) is 0 Å². The molecular weight excluding hydrogens is 378 g/mol. The van der Waals surface area contributed by atoms with Gasteiger partial charge in [-0.1, -0.05) is 11.6 Å². The molecule has 1 amide bonds. The SMILES string of the molecule is Cc1cc(C)n(-c2ccc(Cl)c(C(=O)Nc3ccc(OC(F)F)cc3)n2)n1. The molecule has 6 nitrogen and oxygen atoms in total. The maximum Gasteiger partial charge on any atom is 0.387 e. The quantitative estimate of drug-likeness (QED) is 0.699. The molecule has 2 heterocycles. The second-order valence-electron chi connectivity index (χ2n) is 5.70. The van der Waals surface area contributed by atoms with Gasteiger partial charge in [-0.2, -0.15) is 13.9 Å². The Balaban J connectivity index is 1.82. The minimum atomic E-state index is -2.91. The molecule has 2 aromatic heterocycles. The van der Waals surface area contributed by atoms with Crippen LogP contribution in [0.1, 0.15) is 21.9 Å². The Morgan fingerprint density at radius 3 is 2.48 bits per heavy atom. The number of hydrogen-bond acceptors (Lipinski definition) is 4. The average Bonchev–Trinajstić information content (AvgIpc) is 2.95. The van der Waals surface area contributed by atoms with E-state index >= 15 is 0 Å². The fourth-order valence-corrected chi connectivity index (χ4v) is 2.67. The van der Waals surface area contributed by atoms with Crippen LogP contribution in [0.15, 0.2) is 42.5 Å². The summed E-state index contributed by atoms with van der Waals surface area (Å²) in [6.45, 7) is 0.818. The molecule has 9 heteroatoms. The van der Waals surface area contributed by atoms with Gasteiger partial charge in [-0.05, 0) is 56.3 Å². The Morgan fingerprint density at radius 1 is 1.19 bits per heavy atom. The lowest BCUT2D eigenvalue weighted by Gasteiger charge is -2.10. The van der Waals surface area contributed by atoms with Gasteiger partial charge in [-0.15, -0.1) is 0 Å². The fraction of sp³-hybridized carbons (Fsp3) is 0.167. The van der Waals surface area contributed by atoms with E-state index in [1.165, 1.54) is 24.3 Å². The molecular formula is C18H15ClF2N4O2. The molecule has 0 aliphatic carbocycles. The molecule has 0 saturated carbocycles. The van der Waals surface area contributed by atoms with Gasteiger partial charge in [0.05, 0.1) is 10.7 Å². The van der Waals surface area contributed by atoms with Gasteiger partial charge in [-0.25, -0.2) is 9.67 Å². The second kappa shape index (κ2) is 7.71. The lowest BCUT2D eigenvalue weighted by Crippen LogP contribution is -2.16. The van der Waals surface area contributed by atoms with Gasteiger partial charge in [0.15, 0.2) is 5.82 Å². The van der Waals surface area contributed by atoms with E-state index in [9.17, 15) is 13.6 Å². The number of benzene rings is 1. The number of alkyl halides is 2. The molecule has 0 spiro atoms. The first-order chi connectivity index (χ1) is 12.8. The topological polar surface area (TPSA) is 69.0 Å². The third-order valence-corrected chi connectivity index (χ3v) is 3.92. The third kappa shape index (κ3) is 4.40. The van der Waals surface area contributed by atoms with Gasteiger partial charge in [-0.3, -0.25) is 4.79 Å². The van der Waals surface area contributed by atoms with Gasteiger partial charge in [0.25, 0.3) is 5.91 Å². The Hall–Kier alpha value is -3.00. The summed E-state index contributed by atoms with van der Waals surface area (Å²) in [5.74, 6) is -0.0904. The molecule has 0 atom stereocenters. The van der Waals surface area contributed by atoms with E-state index in [4.69, 9.17) is 11.6 Å². The van der Waals surface area contributed by atoms with Crippen molar-refractivity contribution in [1.29, 1.82) is 0 Å². The minimum absolute atomic E-state index is 0.00863. The van der Waals surface area contributed by atoms with Crippen molar-refractivity contribution in [2.75, 3.05) is 5.32 Å². The lowest BCUT2D eigenvalue weighted by molar-refractivity contribution is -0.0498. The van der Waals surface area contributed by atoms with Gasteiger partial charge in [0.1, 0.15) is 11.4 Å². The third-order valence-electron chi connectivity index (χ3n) is 3.61. The molecule has 0 aliphatic heterocycles. The summed E-state index contributed by atoms with van der Waals surface area (Å²) in [5, 5.41) is 7.13. The number of carbonyl (C=O) groups is 1. The molecule has 3 rings (SSSR count). The molecule has 0 saturated heterocycles. The van der Waals surface area contributed by atoms with Crippen molar-refractivity contribution in [2.45, 2.75) is 20.5 Å². The standard InChI is InChI=1S/C18H15ClF2N4O2/c1-10-9-11(2)25(24-10)15-8-7-14(19)16(23-15)17(26)22-12-3-5-13(6-4-12)27-18(20)21/h3-9,18H,1-2H3,(H,22,26). The Bertz CT molecular complexity index is 974. The van der Waals surface area contributed by atoms with Crippen molar-refractivity contribution < 1.29 is 18.3 Å². The van der Waals surface area contributed by atoms with Gasteiger partial charge in [0.2, 0.25) is 0 Å². The number of nitrogens with zero attached hydrogens (tertiary/aromatic N) is 3. The van der Waals surface area contributed by atoms with Crippen molar-refractivity contribution in [3.05, 3.63) is 64.6 Å². The number of rotatable bonds is 5. The number of amides is 1. The van der Waals surface area contributed by atoms with Gasteiger partial charge >= 0.3 is 6.61 Å². The van der Waals surface area contributed by atoms with Crippen molar-refractivity contribution >= 4 is 23.2 Å². The molecule has 0 fully saturated rings. The van der Waals surface area contributed by atoms with E-state index in [-0.39, 0.29) is 16.5 Å². The summed E-state index contributed by atoms with van der Waals surface area (Å²) in [7, 11) is 0. The smallest absolute Gasteiger partial charge is 0.387 e. The summed E-state index contributed by atoms with van der Waals surface area (Å²) in [4.78, 5) is 16.8. The predicted molar refractivity (Wildman–Crippen MR) is 96.9 cm³/mol. The average molecular weight is 393 g/mol. The molecule has 3 aromatic rings. The Kier molecular flexibility index (Phi) is 5.36. The Labute approximate surface area is 158 Å². The van der Waals surface area contributed by atoms with E-state index in [0.717, 1.165) is 11.4 Å². The van der Waals surface area contributed by atoms with Crippen LogP contribution in [-0.4, -0.2) is 27.3 Å². The molecule has 140 valence electrons. The molecule has 0 aliphatic rings. The zero-order chi connectivity index (χ0) is 19.6. The summed E-state index contributed by atoms with van der Waals surface area (Å²) in [6.07, 6.45) is 0. The number of ether oxygens (including phenoxy) is 1. The monoisotopic (exact) mass is 392 g/mol. The number of nitrogens with one attached hydrogen (secondary N) is 1. The van der Waals surface area contributed by atoms with Crippen LogP contribution in [-0.2, 0) is 0 Å². The zero-order valence-corrected chi connectivity index (χ0v) is 15.2. The van der Waals surface area contributed by atoms with Crippen LogP contribution in [0.5, 0.6) is 5.75 Å². The maximum atomic E-state index is 12.5. The van der Waals surface area contributed by atoms with Crippen LogP contribution >= 0.6 is 11.6 Å². The van der Waals surface area contributed by atoms with Gasteiger partial charge in [0, 0.05) is 11.4 Å². The van der Waals surface area contributed by atoms with Crippen LogP contribution in [0.2, 0.25) is 5.02 Å². The van der Waals surface area contributed by atoms with Crippen LogP contribution in [0.25, 0.3) is 5.82 Å². The first kappa shape index (κ1) is 18.8. The largest absolute Gasteiger partial charge is 0.435 e. The highest BCUT2D eigenvalue weighted by Crippen LogP contribution is 2.21. The van der Waals surface area contributed by atoms with Crippen molar-refractivity contribution in [3.8, 4) is 11.6 Å². The first-order valence-corrected chi connectivity index (χ1v) is 8.27. The minimum Gasteiger partial charge on any atom is -0.435 e. The number of anilines is 1. The summed E-state index contributed by atoms with van der Waals surface area (Å²) < 4.78 is 30.2. The molecule has 1 aromatic carbocycles. The molecule has 0 radical (unpaired) electrons. The number of hydrogen-bond donors (Lipinski definition) is 1. The van der Waals surface area contributed by atoms with Crippen LogP contribution in [0.4, 0.5) is 14.5 Å².